The van der Waals surface area contributed by atoms with E-state index in [0.29, 0.717) is 23.9 Å². The molecule has 13 heteroatoms. The summed E-state index contributed by atoms with van der Waals surface area (Å²) in [6, 6.07) is 16.1. The number of fused-ring (bicyclic) bond motifs is 1. The van der Waals surface area contributed by atoms with Gasteiger partial charge in [-0.25, -0.2) is 31.3 Å². The molecule has 39 heavy (non-hydrogen) atoms. The summed E-state index contributed by atoms with van der Waals surface area (Å²) in [5, 5.41) is 2.70. The number of sulfonamides is 1. The summed E-state index contributed by atoms with van der Waals surface area (Å²) in [5.41, 5.74) is 3.89. The fourth-order valence-corrected chi connectivity index (χ4v) is 6.25. The van der Waals surface area contributed by atoms with Crippen molar-refractivity contribution in [3.8, 4) is 5.69 Å². The Balaban J connectivity index is 0.00000420. The molecule has 2 amide bonds. The van der Waals surface area contributed by atoms with Crippen LogP contribution in [0.2, 0.25) is 5.02 Å². The monoisotopic (exact) mass is 598 g/mol. The van der Waals surface area contributed by atoms with Crippen molar-refractivity contribution in [2.75, 3.05) is 12.8 Å². The summed E-state index contributed by atoms with van der Waals surface area (Å²) in [7, 11) is -7.45. The van der Waals surface area contributed by atoms with E-state index in [9.17, 15) is 21.6 Å². The van der Waals surface area contributed by atoms with E-state index in [0.717, 1.165) is 28.9 Å². The van der Waals surface area contributed by atoms with E-state index >= 15 is 0 Å². The summed E-state index contributed by atoms with van der Waals surface area (Å²) in [6.45, 7) is 4.03. The minimum absolute atomic E-state index is 0. The Hall–Kier alpha value is -2.41. The molecular formula is C26H28ClN4NaO5S2. The second kappa shape index (κ2) is 12.4. The van der Waals surface area contributed by atoms with Gasteiger partial charge in [-0.2, -0.15) is 0 Å². The van der Waals surface area contributed by atoms with Gasteiger partial charge in [0.05, 0.1) is 25.8 Å². The number of benzene rings is 3. The molecule has 0 saturated carbocycles. The number of hydrogen-bond donors (Lipinski definition) is 2. The molecule has 4 aromatic rings. The third-order valence-corrected chi connectivity index (χ3v) is 8.85. The topological polar surface area (TPSA) is 127 Å². The van der Waals surface area contributed by atoms with Crippen LogP contribution in [0.4, 0.5) is 4.79 Å². The van der Waals surface area contributed by atoms with Crippen LogP contribution in [0.15, 0.2) is 70.5 Å². The fraction of sp³-hybridized carbons (Fsp3) is 0.231. The van der Waals surface area contributed by atoms with Gasteiger partial charge in [0.1, 0.15) is 5.82 Å². The molecule has 0 radical (unpaired) electrons. The van der Waals surface area contributed by atoms with E-state index in [2.05, 4.69) is 10.3 Å². The van der Waals surface area contributed by atoms with Crippen molar-refractivity contribution in [3.05, 3.63) is 82.6 Å². The number of halogens is 1. The molecule has 2 N–H and O–H groups in total. The standard InChI is InChI=1S/C26H27ClN4O5S2.Na.H/c1-4-25-29-22-16-24(37(3,33)34)21(27)15-23(22)31(25)19-9-7-18(8-10-19)13-14-28-26(32)30-38(35,36)20-11-5-17(2)6-12-20;;/h5-12,15-16H,4,13-14H2,1-3H3,(H2,28,30,32);;. The van der Waals surface area contributed by atoms with Gasteiger partial charge in [0.15, 0.2) is 9.84 Å². The number of amides is 2. The Morgan fingerprint density at radius 1 is 1.00 bits per heavy atom. The van der Waals surface area contributed by atoms with Gasteiger partial charge in [-0.15, -0.1) is 0 Å². The van der Waals surface area contributed by atoms with Crippen molar-refractivity contribution in [3.63, 3.8) is 0 Å². The second-order valence-corrected chi connectivity index (χ2v) is 12.9. The van der Waals surface area contributed by atoms with E-state index in [1.54, 1.807) is 18.2 Å². The van der Waals surface area contributed by atoms with E-state index < -0.39 is 25.9 Å². The molecule has 4 rings (SSSR count). The number of imidazole rings is 1. The van der Waals surface area contributed by atoms with Gasteiger partial charge in [0.2, 0.25) is 0 Å². The first kappa shape index (κ1) is 31.1. The number of rotatable bonds is 8. The molecule has 0 aliphatic carbocycles. The van der Waals surface area contributed by atoms with Crippen LogP contribution < -0.4 is 10.0 Å². The molecule has 0 spiro atoms. The van der Waals surface area contributed by atoms with Crippen molar-refractivity contribution >= 4 is 78.1 Å². The predicted molar refractivity (Wildman–Crippen MR) is 154 cm³/mol. The average Bonchev–Trinajstić information content (AvgIpc) is 3.20. The van der Waals surface area contributed by atoms with Crippen LogP contribution in [-0.2, 0) is 32.7 Å². The van der Waals surface area contributed by atoms with Gasteiger partial charge in [-0.05, 0) is 55.3 Å². The Morgan fingerprint density at radius 2 is 1.64 bits per heavy atom. The van der Waals surface area contributed by atoms with Crippen LogP contribution in [0.3, 0.4) is 0 Å². The van der Waals surface area contributed by atoms with Gasteiger partial charge in [0, 0.05) is 24.9 Å². The first-order chi connectivity index (χ1) is 17.9. The molecular weight excluding hydrogens is 571 g/mol. The van der Waals surface area contributed by atoms with E-state index in [1.165, 1.54) is 18.2 Å². The van der Waals surface area contributed by atoms with Gasteiger partial charge >= 0.3 is 35.6 Å². The summed E-state index contributed by atoms with van der Waals surface area (Å²) in [4.78, 5) is 16.8. The van der Waals surface area contributed by atoms with Gasteiger partial charge in [-0.1, -0.05) is 48.4 Å². The van der Waals surface area contributed by atoms with Crippen molar-refractivity contribution in [1.29, 1.82) is 0 Å². The molecule has 0 saturated heterocycles. The Morgan fingerprint density at radius 3 is 2.23 bits per heavy atom. The Labute approximate surface area is 255 Å². The van der Waals surface area contributed by atoms with Crippen molar-refractivity contribution in [2.45, 2.75) is 36.5 Å². The first-order valence-electron chi connectivity index (χ1n) is 11.8. The molecule has 0 fully saturated rings. The molecule has 202 valence electrons. The van der Waals surface area contributed by atoms with Crippen LogP contribution in [0.5, 0.6) is 0 Å². The summed E-state index contributed by atoms with van der Waals surface area (Å²) in [5.74, 6) is 0.752. The molecule has 3 aromatic carbocycles. The van der Waals surface area contributed by atoms with E-state index in [4.69, 9.17) is 11.6 Å². The number of nitrogens with zero attached hydrogens (tertiary/aromatic N) is 2. The number of carbonyl (C=O) groups is 1. The van der Waals surface area contributed by atoms with Crippen molar-refractivity contribution < 1.29 is 21.6 Å². The number of carbonyl (C=O) groups excluding carboxylic acids is 1. The SMILES string of the molecule is CCc1nc2cc(S(C)(=O)=O)c(Cl)cc2n1-c1ccc(CCNC(=O)NS(=O)(=O)c2ccc(C)cc2)cc1.[NaH]. The first-order valence-corrected chi connectivity index (χ1v) is 15.5. The number of aromatic nitrogens is 2. The number of nitrogens with one attached hydrogen (secondary N) is 2. The summed E-state index contributed by atoms with van der Waals surface area (Å²) >= 11 is 6.29. The maximum absolute atomic E-state index is 12.4. The summed E-state index contributed by atoms with van der Waals surface area (Å²) < 4.78 is 52.8. The number of aryl methyl sites for hydroxylation is 2. The summed E-state index contributed by atoms with van der Waals surface area (Å²) in [6.07, 6.45) is 2.21. The Kier molecular flexibility index (Phi) is 9.90. The van der Waals surface area contributed by atoms with Crippen molar-refractivity contribution in [2.24, 2.45) is 0 Å². The zero-order chi connectivity index (χ0) is 27.7. The number of urea groups is 1. The minimum atomic E-state index is -3.95. The van der Waals surface area contributed by atoms with Gasteiger partial charge < -0.3 is 5.32 Å². The van der Waals surface area contributed by atoms with E-state index in [-0.39, 0.29) is 50.9 Å². The third kappa shape index (κ3) is 7.22. The second-order valence-electron chi connectivity index (χ2n) is 8.85. The average molecular weight is 599 g/mol. The number of hydrogen-bond acceptors (Lipinski definition) is 6. The van der Waals surface area contributed by atoms with Crippen LogP contribution in [-0.4, -0.2) is 74.8 Å². The van der Waals surface area contributed by atoms with Gasteiger partial charge in [-0.3, -0.25) is 4.57 Å². The number of sulfone groups is 1. The van der Waals surface area contributed by atoms with Crippen LogP contribution in [0.25, 0.3) is 16.7 Å². The van der Waals surface area contributed by atoms with Crippen LogP contribution in [0.1, 0.15) is 23.9 Å². The van der Waals surface area contributed by atoms with Crippen LogP contribution in [0, 0.1) is 6.92 Å². The zero-order valence-electron chi connectivity index (χ0n) is 21.0. The molecule has 0 aliphatic rings. The maximum atomic E-state index is 12.4. The van der Waals surface area contributed by atoms with Gasteiger partial charge in [0.25, 0.3) is 10.0 Å². The fourth-order valence-electron chi connectivity index (χ4n) is 4.00. The molecule has 1 heterocycles. The zero-order valence-corrected chi connectivity index (χ0v) is 23.4. The molecule has 0 aliphatic heterocycles. The molecule has 0 bridgehead atoms. The van der Waals surface area contributed by atoms with E-state index in [1.807, 2.05) is 47.4 Å². The molecule has 1 aromatic heterocycles. The molecule has 0 unspecified atom stereocenters. The quantitative estimate of drug-likeness (QED) is 0.299. The Bertz CT molecular complexity index is 1720. The van der Waals surface area contributed by atoms with Crippen LogP contribution >= 0.6 is 11.6 Å². The predicted octanol–water partition coefficient (Wildman–Crippen LogP) is 3.54. The normalized spacial score (nSPS) is 11.7. The molecule has 0 atom stereocenters. The van der Waals surface area contributed by atoms with Crippen molar-refractivity contribution in [1.82, 2.24) is 19.6 Å². The molecule has 9 nitrogen and oxygen atoms in total. The third-order valence-electron chi connectivity index (χ3n) is 5.95.